The molecule has 0 aliphatic carbocycles. The van der Waals surface area contributed by atoms with Gasteiger partial charge in [-0.3, -0.25) is 0 Å². The van der Waals surface area contributed by atoms with Crippen molar-refractivity contribution in [3.63, 3.8) is 0 Å². The Morgan fingerprint density at radius 3 is 2.40 bits per heavy atom. The molecule has 3 rings (SSSR count). The van der Waals surface area contributed by atoms with Crippen molar-refractivity contribution < 1.29 is 0 Å². The molecule has 0 atom stereocenters. The summed E-state index contributed by atoms with van der Waals surface area (Å²) in [5.41, 5.74) is 9.59. The SMILES string of the molecule is Cc1cccc(N=Nc2ccc(N)c3ccccc23)c1. The van der Waals surface area contributed by atoms with E-state index in [-0.39, 0.29) is 0 Å². The van der Waals surface area contributed by atoms with Crippen molar-refractivity contribution in [3.05, 3.63) is 66.2 Å². The van der Waals surface area contributed by atoms with Crippen molar-refractivity contribution in [3.8, 4) is 0 Å². The van der Waals surface area contributed by atoms with Crippen molar-refractivity contribution in [1.29, 1.82) is 0 Å². The molecule has 0 saturated carbocycles. The number of fused-ring (bicyclic) bond motifs is 1. The first-order valence-electron chi connectivity index (χ1n) is 6.50. The van der Waals surface area contributed by atoms with Crippen LogP contribution < -0.4 is 5.73 Å². The van der Waals surface area contributed by atoms with Crippen LogP contribution in [0, 0.1) is 6.92 Å². The highest BCUT2D eigenvalue weighted by atomic mass is 15.1. The molecule has 0 bridgehead atoms. The van der Waals surface area contributed by atoms with Crippen molar-refractivity contribution in [1.82, 2.24) is 0 Å². The van der Waals surface area contributed by atoms with Crippen LogP contribution in [0.4, 0.5) is 17.1 Å². The molecular weight excluding hydrogens is 246 g/mol. The molecule has 98 valence electrons. The van der Waals surface area contributed by atoms with Crippen LogP contribution in [0.1, 0.15) is 5.56 Å². The van der Waals surface area contributed by atoms with Crippen molar-refractivity contribution in [2.24, 2.45) is 10.2 Å². The molecular formula is C17H15N3. The van der Waals surface area contributed by atoms with E-state index < -0.39 is 0 Å². The van der Waals surface area contributed by atoms with Gasteiger partial charge in [-0.1, -0.05) is 36.4 Å². The zero-order chi connectivity index (χ0) is 13.9. The smallest absolute Gasteiger partial charge is 0.0936 e. The molecule has 3 aromatic carbocycles. The zero-order valence-corrected chi connectivity index (χ0v) is 11.2. The first-order chi connectivity index (χ1) is 9.74. The summed E-state index contributed by atoms with van der Waals surface area (Å²) < 4.78 is 0. The van der Waals surface area contributed by atoms with E-state index in [4.69, 9.17) is 5.73 Å². The van der Waals surface area contributed by atoms with Crippen LogP contribution in [0.25, 0.3) is 10.8 Å². The predicted octanol–water partition coefficient (Wildman–Crippen LogP) is 5.15. The summed E-state index contributed by atoms with van der Waals surface area (Å²) in [7, 11) is 0. The van der Waals surface area contributed by atoms with Crippen LogP contribution in [-0.2, 0) is 0 Å². The minimum Gasteiger partial charge on any atom is -0.398 e. The van der Waals surface area contributed by atoms with Gasteiger partial charge in [0.2, 0.25) is 0 Å². The molecule has 0 aliphatic heterocycles. The topological polar surface area (TPSA) is 50.7 Å². The Morgan fingerprint density at radius 2 is 1.60 bits per heavy atom. The summed E-state index contributed by atoms with van der Waals surface area (Å²) >= 11 is 0. The lowest BCUT2D eigenvalue weighted by molar-refractivity contribution is 1.23. The first kappa shape index (κ1) is 12.4. The molecule has 0 aromatic heterocycles. The molecule has 2 N–H and O–H groups in total. The number of hydrogen-bond acceptors (Lipinski definition) is 3. The summed E-state index contributed by atoms with van der Waals surface area (Å²) in [6.45, 7) is 2.04. The van der Waals surface area contributed by atoms with Gasteiger partial charge in [0.15, 0.2) is 0 Å². The van der Waals surface area contributed by atoms with E-state index >= 15 is 0 Å². The van der Waals surface area contributed by atoms with Gasteiger partial charge in [0.1, 0.15) is 0 Å². The number of rotatable bonds is 2. The number of nitrogens with zero attached hydrogens (tertiary/aromatic N) is 2. The average molecular weight is 261 g/mol. The van der Waals surface area contributed by atoms with Crippen LogP contribution in [-0.4, -0.2) is 0 Å². The summed E-state index contributed by atoms with van der Waals surface area (Å²) in [4.78, 5) is 0. The lowest BCUT2D eigenvalue weighted by Crippen LogP contribution is -1.86. The van der Waals surface area contributed by atoms with Gasteiger partial charge in [-0.2, -0.15) is 5.11 Å². The summed E-state index contributed by atoms with van der Waals surface area (Å²) in [6, 6.07) is 19.7. The molecule has 3 aromatic rings. The number of nitrogens with two attached hydrogens (primary N) is 1. The minimum atomic E-state index is 0.759. The Hall–Kier alpha value is -2.68. The number of hydrogen-bond donors (Lipinski definition) is 1. The maximum Gasteiger partial charge on any atom is 0.0936 e. The third-order valence-corrected chi connectivity index (χ3v) is 3.21. The fourth-order valence-electron chi connectivity index (χ4n) is 2.20. The fourth-order valence-corrected chi connectivity index (χ4v) is 2.20. The third-order valence-electron chi connectivity index (χ3n) is 3.21. The second kappa shape index (κ2) is 5.13. The van der Waals surface area contributed by atoms with Gasteiger partial charge in [-0.05, 0) is 36.8 Å². The predicted molar refractivity (Wildman–Crippen MR) is 83.7 cm³/mol. The summed E-state index contributed by atoms with van der Waals surface area (Å²) in [6.07, 6.45) is 0. The third kappa shape index (κ3) is 2.38. The molecule has 20 heavy (non-hydrogen) atoms. The maximum atomic E-state index is 5.98. The second-order valence-corrected chi connectivity index (χ2v) is 4.76. The van der Waals surface area contributed by atoms with Gasteiger partial charge in [0, 0.05) is 16.5 Å². The molecule has 0 heterocycles. The van der Waals surface area contributed by atoms with Crippen LogP contribution in [0.2, 0.25) is 0 Å². The van der Waals surface area contributed by atoms with E-state index in [1.54, 1.807) is 0 Å². The fraction of sp³-hybridized carbons (Fsp3) is 0.0588. The van der Waals surface area contributed by atoms with Gasteiger partial charge in [0.05, 0.1) is 11.4 Å². The van der Waals surface area contributed by atoms with Crippen molar-refractivity contribution in [2.75, 3.05) is 5.73 Å². The van der Waals surface area contributed by atoms with Gasteiger partial charge < -0.3 is 5.73 Å². The molecule has 0 amide bonds. The standard InChI is InChI=1S/C17H15N3/c1-12-5-4-6-13(11-12)19-20-17-10-9-16(18)14-7-2-3-8-15(14)17/h2-11H,18H2,1H3. The van der Waals surface area contributed by atoms with E-state index in [1.165, 1.54) is 5.56 Å². The molecule has 3 nitrogen and oxygen atoms in total. The molecule has 0 saturated heterocycles. The molecule has 0 fully saturated rings. The molecule has 0 unspecified atom stereocenters. The van der Waals surface area contributed by atoms with E-state index in [1.807, 2.05) is 67.6 Å². The summed E-state index contributed by atoms with van der Waals surface area (Å²) in [5.74, 6) is 0. The maximum absolute atomic E-state index is 5.98. The Labute approximate surface area is 117 Å². The Balaban J connectivity index is 2.05. The van der Waals surface area contributed by atoms with Crippen LogP contribution in [0.5, 0.6) is 0 Å². The van der Waals surface area contributed by atoms with Crippen LogP contribution >= 0.6 is 0 Å². The average Bonchev–Trinajstić information content (AvgIpc) is 2.47. The van der Waals surface area contributed by atoms with Crippen molar-refractivity contribution >= 4 is 27.8 Å². The van der Waals surface area contributed by atoms with Gasteiger partial charge in [0.25, 0.3) is 0 Å². The molecule has 0 spiro atoms. The van der Waals surface area contributed by atoms with Gasteiger partial charge in [-0.25, -0.2) is 0 Å². The second-order valence-electron chi connectivity index (χ2n) is 4.76. The molecule has 3 heteroatoms. The lowest BCUT2D eigenvalue weighted by atomic mass is 10.1. The Kier molecular flexibility index (Phi) is 3.17. The number of benzene rings is 3. The number of azo groups is 1. The van der Waals surface area contributed by atoms with Crippen LogP contribution in [0.15, 0.2) is 70.9 Å². The van der Waals surface area contributed by atoms with E-state index in [0.717, 1.165) is 27.8 Å². The normalized spacial score (nSPS) is 11.2. The van der Waals surface area contributed by atoms with Gasteiger partial charge >= 0.3 is 0 Å². The van der Waals surface area contributed by atoms with E-state index in [9.17, 15) is 0 Å². The van der Waals surface area contributed by atoms with Gasteiger partial charge in [-0.15, -0.1) is 5.11 Å². The lowest BCUT2D eigenvalue weighted by Gasteiger charge is -2.04. The highest BCUT2D eigenvalue weighted by Gasteiger charge is 2.02. The zero-order valence-electron chi connectivity index (χ0n) is 11.2. The first-order valence-corrected chi connectivity index (χ1v) is 6.50. The largest absolute Gasteiger partial charge is 0.398 e. The molecule has 0 radical (unpaired) electrons. The number of aryl methyl sites for hydroxylation is 1. The Morgan fingerprint density at radius 1 is 0.800 bits per heavy atom. The highest BCUT2D eigenvalue weighted by molar-refractivity contribution is 5.99. The molecule has 0 aliphatic rings. The minimum absolute atomic E-state index is 0.759. The van der Waals surface area contributed by atoms with E-state index in [0.29, 0.717) is 0 Å². The monoisotopic (exact) mass is 261 g/mol. The van der Waals surface area contributed by atoms with Crippen LogP contribution in [0.3, 0.4) is 0 Å². The Bertz CT molecular complexity index is 791. The van der Waals surface area contributed by atoms with E-state index in [2.05, 4.69) is 10.2 Å². The number of nitrogen functional groups attached to an aromatic ring is 1. The van der Waals surface area contributed by atoms with Crippen molar-refractivity contribution in [2.45, 2.75) is 6.92 Å². The quantitative estimate of drug-likeness (QED) is 0.503. The summed E-state index contributed by atoms with van der Waals surface area (Å²) in [5, 5.41) is 10.7. The number of anilines is 1. The highest BCUT2D eigenvalue weighted by Crippen LogP contribution is 2.31.